The lowest BCUT2D eigenvalue weighted by molar-refractivity contribution is 0.0319. The lowest BCUT2D eigenvalue weighted by Gasteiger charge is -2.19. The van der Waals surface area contributed by atoms with E-state index >= 15 is 0 Å². The van der Waals surface area contributed by atoms with Crippen LogP contribution in [-0.4, -0.2) is 24.8 Å². The molecule has 0 heterocycles. The van der Waals surface area contributed by atoms with Crippen molar-refractivity contribution in [1.82, 2.24) is 5.32 Å². The number of nitrogens with zero attached hydrogens (tertiary/aromatic N) is 1. The zero-order valence-electron chi connectivity index (χ0n) is 10.6. The van der Waals surface area contributed by atoms with Gasteiger partial charge in [-0.15, -0.1) is 0 Å². The second-order valence-electron chi connectivity index (χ2n) is 4.61. The predicted molar refractivity (Wildman–Crippen MR) is 62.5 cm³/mol. The maximum Gasteiger partial charge on any atom is 0.0976 e. The molecule has 0 aromatic carbocycles. The van der Waals surface area contributed by atoms with Crippen molar-refractivity contribution in [3.05, 3.63) is 0 Å². The first-order valence-corrected chi connectivity index (χ1v) is 5.74. The maximum absolute atomic E-state index is 8.88. The highest BCUT2D eigenvalue weighted by Crippen LogP contribution is 2.06. The van der Waals surface area contributed by atoms with E-state index in [-0.39, 0.29) is 12.1 Å². The molecule has 0 spiro atoms. The van der Waals surface area contributed by atoms with Crippen molar-refractivity contribution >= 4 is 0 Å². The third-order valence-electron chi connectivity index (χ3n) is 2.42. The molecule has 0 saturated heterocycles. The summed E-state index contributed by atoms with van der Waals surface area (Å²) in [7, 11) is 0. The quantitative estimate of drug-likeness (QED) is 0.704. The van der Waals surface area contributed by atoms with Gasteiger partial charge >= 0.3 is 0 Å². The Balaban J connectivity index is 3.69. The van der Waals surface area contributed by atoms with E-state index in [2.05, 4.69) is 32.2 Å². The van der Waals surface area contributed by atoms with Crippen LogP contribution in [0.5, 0.6) is 0 Å². The van der Waals surface area contributed by atoms with Gasteiger partial charge in [-0.3, -0.25) is 5.32 Å². The van der Waals surface area contributed by atoms with Crippen molar-refractivity contribution in [1.29, 1.82) is 5.26 Å². The van der Waals surface area contributed by atoms with Crippen LogP contribution in [0.1, 0.15) is 41.0 Å². The van der Waals surface area contributed by atoms with Crippen LogP contribution in [0.3, 0.4) is 0 Å². The molecule has 88 valence electrons. The second-order valence-corrected chi connectivity index (χ2v) is 4.61. The largest absolute Gasteiger partial charge is 0.378 e. The minimum absolute atomic E-state index is 0.0932. The van der Waals surface area contributed by atoms with Crippen LogP contribution in [-0.2, 0) is 4.74 Å². The van der Waals surface area contributed by atoms with Crippen LogP contribution in [0, 0.1) is 17.2 Å². The number of hydrogen-bond acceptors (Lipinski definition) is 3. The first kappa shape index (κ1) is 14.4. The minimum atomic E-state index is -0.0932. The number of nitriles is 1. The first-order chi connectivity index (χ1) is 6.97. The van der Waals surface area contributed by atoms with E-state index in [9.17, 15) is 0 Å². The van der Waals surface area contributed by atoms with Crippen molar-refractivity contribution in [3.63, 3.8) is 0 Å². The minimum Gasteiger partial charge on any atom is -0.378 e. The molecule has 2 atom stereocenters. The highest BCUT2D eigenvalue weighted by atomic mass is 16.5. The molecule has 0 bridgehead atoms. The molecular formula is C12H24N2O. The van der Waals surface area contributed by atoms with Gasteiger partial charge in [0.15, 0.2) is 0 Å². The molecule has 0 aromatic heterocycles. The lowest BCUT2D eigenvalue weighted by atomic mass is 10.1. The summed E-state index contributed by atoms with van der Waals surface area (Å²) in [5.74, 6) is 0.531. The Morgan fingerprint density at radius 2 is 1.80 bits per heavy atom. The molecule has 0 aliphatic heterocycles. The highest BCUT2D eigenvalue weighted by molar-refractivity contribution is 4.90. The zero-order valence-corrected chi connectivity index (χ0v) is 10.6. The van der Waals surface area contributed by atoms with Crippen molar-refractivity contribution in [2.24, 2.45) is 5.92 Å². The van der Waals surface area contributed by atoms with Crippen molar-refractivity contribution in [3.8, 4) is 6.07 Å². The molecule has 15 heavy (non-hydrogen) atoms. The first-order valence-electron chi connectivity index (χ1n) is 5.74. The van der Waals surface area contributed by atoms with Crippen molar-refractivity contribution in [2.75, 3.05) is 6.61 Å². The number of ether oxygens (including phenoxy) is 1. The van der Waals surface area contributed by atoms with Gasteiger partial charge < -0.3 is 4.74 Å². The molecule has 0 aromatic rings. The zero-order chi connectivity index (χ0) is 11.8. The Bertz CT molecular complexity index is 196. The maximum atomic E-state index is 8.88. The van der Waals surface area contributed by atoms with Gasteiger partial charge in [-0.2, -0.15) is 5.26 Å². The van der Waals surface area contributed by atoms with Crippen LogP contribution >= 0.6 is 0 Å². The van der Waals surface area contributed by atoms with Gasteiger partial charge in [0.1, 0.15) is 0 Å². The van der Waals surface area contributed by atoms with Crippen LogP contribution < -0.4 is 5.32 Å². The summed E-state index contributed by atoms with van der Waals surface area (Å²) >= 11 is 0. The van der Waals surface area contributed by atoms with Crippen molar-refractivity contribution in [2.45, 2.75) is 59.2 Å². The molecule has 0 aliphatic rings. The average Bonchev–Trinajstić information content (AvgIpc) is 2.15. The van der Waals surface area contributed by atoms with Crippen LogP contribution in [0.15, 0.2) is 0 Å². The smallest absolute Gasteiger partial charge is 0.0976 e. The fourth-order valence-corrected chi connectivity index (χ4v) is 1.15. The van der Waals surface area contributed by atoms with Gasteiger partial charge in [0.25, 0.3) is 0 Å². The third kappa shape index (κ3) is 7.35. The molecule has 0 amide bonds. The van der Waals surface area contributed by atoms with Gasteiger partial charge in [-0.25, -0.2) is 0 Å². The van der Waals surface area contributed by atoms with E-state index in [1.165, 1.54) is 0 Å². The molecule has 0 radical (unpaired) electrons. The molecule has 0 saturated carbocycles. The molecule has 0 rings (SSSR count). The summed E-state index contributed by atoms with van der Waals surface area (Å²) in [6, 6.07) is 2.50. The molecule has 1 N–H and O–H groups in total. The van der Waals surface area contributed by atoms with Crippen LogP contribution in [0.25, 0.3) is 0 Å². The van der Waals surface area contributed by atoms with Gasteiger partial charge in [-0.05, 0) is 33.1 Å². The molecule has 3 nitrogen and oxygen atoms in total. The highest BCUT2D eigenvalue weighted by Gasteiger charge is 2.11. The van der Waals surface area contributed by atoms with E-state index in [0.29, 0.717) is 18.6 Å². The SMILES string of the molecule is CC(C)NC(C#N)CCOC(C)C(C)C. The Kier molecular flexibility index (Phi) is 7.37. The number of rotatable bonds is 7. The standard InChI is InChI=1S/C12H24N2O/c1-9(2)11(5)15-7-6-12(8-13)14-10(3)4/h9-12,14H,6-7H2,1-5H3. The molecule has 3 heteroatoms. The van der Waals surface area contributed by atoms with Crippen LogP contribution in [0.4, 0.5) is 0 Å². The Hall–Kier alpha value is -0.590. The summed E-state index contributed by atoms with van der Waals surface area (Å²) in [5.41, 5.74) is 0. The Morgan fingerprint density at radius 1 is 1.20 bits per heavy atom. The fraction of sp³-hybridized carbons (Fsp3) is 0.917. The monoisotopic (exact) mass is 212 g/mol. The van der Waals surface area contributed by atoms with E-state index in [0.717, 1.165) is 6.42 Å². The van der Waals surface area contributed by atoms with E-state index in [1.807, 2.05) is 13.8 Å². The molecular weight excluding hydrogens is 188 g/mol. The summed E-state index contributed by atoms with van der Waals surface area (Å²) in [5, 5.41) is 12.1. The van der Waals surface area contributed by atoms with Crippen molar-refractivity contribution < 1.29 is 4.74 Å². The van der Waals surface area contributed by atoms with E-state index < -0.39 is 0 Å². The second kappa shape index (κ2) is 7.67. The summed E-state index contributed by atoms with van der Waals surface area (Å²) < 4.78 is 5.63. The third-order valence-corrected chi connectivity index (χ3v) is 2.42. The Morgan fingerprint density at radius 3 is 2.20 bits per heavy atom. The van der Waals surface area contributed by atoms with Gasteiger partial charge in [0.2, 0.25) is 0 Å². The number of nitrogens with one attached hydrogen (secondary N) is 1. The van der Waals surface area contributed by atoms with E-state index in [4.69, 9.17) is 10.00 Å². The lowest BCUT2D eigenvalue weighted by Crippen LogP contribution is -2.34. The predicted octanol–water partition coefficient (Wildman–Crippen LogP) is 2.33. The van der Waals surface area contributed by atoms with Gasteiger partial charge in [0.05, 0.1) is 18.2 Å². The summed E-state index contributed by atoms with van der Waals surface area (Å²) in [6.07, 6.45) is 1.02. The van der Waals surface area contributed by atoms with Gasteiger partial charge in [0, 0.05) is 12.6 Å². The van der Waals surface area contributed by atoms with E-state index in [1.54, 1.807) is 0 Å². The average molecular weight is 212 g/mol. The summed E-state index contributed by atoms with van der Waals surface area (Å²) in [6.45, 7) is 11.1. The normalized spacial score (nSPS) is 15.3. The summed E-state index contributed by atoms with van der Waals surface area (Å²) in [4.78, 5) is 0. The number of hydrogen-bond donors (Lipinski definition) is 1. The topological polar surface area (TPSA) is 45.0 Å². The van der Waals surface area contributed by atoms with Crippen LogP contribution in [0.2, 0.25) is 0 Å². The molecule has 2 unspecified atom stereocenters. The van der Waals surface area contributed by atoms with Gasteiger partial charge in [-0.1, -0.05) is 13.8 Å². The molecule has 0 fully saturated rings. The fourth-order valence-electron chi connectivity index (χ4n) is 1.15. The Labute approximate surface area is 93.8 Å². The molecule has 0 aliphatic carbocycles.